The van der Waals surface area contributed by atoms with Crippen LogP contribution in [0.1, 0.15) is 40.4 Å². The van der Waals surface area contributed by atoms with Gasteiger partial charge in [0, 0.05) is 5.56 Å². The van der Waals surface area contributed by atoms with Crippen LogP contribution in [0.15, 0.2) is 12.1 Å². The lowest BCUT2D eigenvalue weighted by molar-refractivity contribution is -0.137. The third-order valence-electron chi connectivity index (χ3n) is 2.35. The van der Waals surface area contributed by atoms with Gasteiger partial charge in [0.1, 0.15) is 0 Å². The molecule has 1 rings (SSSR count). The van der Waals surface area contributed by atoms with Gasteiger partial charge < -0.3 is 4.74 Å². The Balaban J connectivity index is 3.56. The van der Waals surface area contributed by atoms with Crippen LogP contribution in [-0.4, -0.2) is 12.6 Å². The molecule has 0 atom stereocenters. The molecule has 0 aromatic heterocycles. The summed E-state index contributed by atoms with van der Waals surface area (Å²) in [7, 11) is 0. The molecule has 0 spiro atoms. The maximum Gasteiger partial charge on any atom is 0.417 e. The predicted octanol–water partition coefficient (Wildman–Crippen LogP) is 3.69. The van der Waals surface area contributed by atoms with Crippen molar-refractivity contribution < 1.29 is 31.5 Å². The number of carbonyl (C=O) groups is 1. The largest absolute Gasteiger partial charge is 0.462 e. The minimum Gasteiger partial charge on any atom is -0.462 e. The number of nitriles is 1. The minimum atomic E-state index is -4.94. The first-order chi connectivity index (χ1) is 9.22. The fourth-order valence-corrected chi connectivity index (χ4v) is 1.51. The number of halogens is 5. The van der Waals surface area contributed by atoms with E-state index in [-0.39, 0.29) is 12.7 Å². The first kappa shape index (κ1) is 15.9. The molecule has 20 heavy (non-hydrogen) atoms. The van der Waals surface area contributed by atoms with E-state index >= 15 is 0 Å². The van der Waals surface area contributed by atoms with Crippen LogP contribution in [0.4, 0.5) is 22.0 Å². The zero-order chi connectivity index (χ0) is 15.5. The Morgan fingerprint density at radius 1 is 1.40 bits per heavy atom. The zero-order valence-corrected chi connectivity index (χ0v) is 10.1. The number of esters is 1. The minimum absolute atomic E-state index is 0.178. The fraction of sp³-hybridized carbons (Fsp3) is 0.333. The van der Waals surface area contributed by atoms with Crippen molar-refractivity contribution in [2.24, 2.45) is 0 Å². The van der Waals surface area contributed by atoms with Gasteiger partial charge in [0.25, 0.3) is 6.43 Å². The Morgan fingerprint density at radius 2 is 2.00 bits per heavy atom. The van der Waals surface area contributed by atoms with Gasteiger partial charge in [-0.1, -0.05) is 0 Å². The van der Waals surface area contributed by atoms with Crippen LogP contribution in [0.5, 0.6) is 0 Å². The van der Waals surface area contributed by atoms with Crippen LogP contribution in [0.3, 0.4) is 0 Å². The summed E-state index contributed by atoms with van der Waals surface area (Å²) in [4.78, 5) is 11.4. The van der Waals surface area contributed by atoms with E-state index in [1.54, 1.807) is 0 Å². The predicted molar refractivity (Wildman–Crippen MR) is 57.1 cm³/mol. The number of ether oxygens (including phenoxy) is 1. The molecular weight excluding hydrogens is 285 g/mol. The molecule has 0 N–H and O–H groups in total. The standard InChI is InChI=1S/C12H8F5NO2/c1-2-20-11(19)8-4-9(12(15,16)17)6(5-18)3-7(8)10(13)14/h3-4,10H,2H2,1H3. The zero-order valence-electron chi connectivity index (χ0n) is 10.1. The van der Waals surface area contributed by atoms with E-state index in [1.807, 2.05) is 0 Å². The second-order valence-electron chi connectivity index (χ2n) is 3.62. The van der Waals surface area contributed by atoms with E-state index in [1.165, 1.54) is 13.0 Å². The lowest BCUT2D eigenvalue weighted by Gasteiger charge is -2.14. The number of hydrogen-bond acceptors (Lipinski definition) is 3. The first-order valence-electron chi connectivity index (χ1n) is 5.32. The summed E-state index contributed by atoms with van der Waals surface area (Å²) in [6.07, 6.45) is -8.14. The van der Waals surface area contributed by atoms with Crippen molar-refractivity contribution in [1.82, 2.24) is 0 Å². The quantitative estimate of drug-likeness (QED) is 0.631. The van der Waals surface area contributed by atoms with E-state index in [2.05, 4.69) is 4.74 Å². The molecule has 8 heteroatoms. The highest BCUT2D eigenvalue weighted by Crippen LogP contribution is 2.36. The lowest BCUT2D eigenvalue weighted by atomic mass is 9.98. The van der Waals surface area contributed by atoms with Crippen molar-refractivity contribution in [3.05, 3.63) is 34.4 Å². The molecule has 0 saturated heterocycles. The molecule has 1 aromatic rings. The molecule has 0 bridgehead atoms. The van der Waals surface area contributed by atoms with Crippen LogP contribution < -0.4 is 0 Å². The number of benzene rings is 1. The summed E-state index contributed by atoms with van der Waals surface area (Å²) in [6.45, 7) is 1.21. The molecule has 0 fully saturated rings. The van der Waals surface area contributed by atoms with Crippen molar-refractivity contribution in [1.29, 1.82) is 5.26 Å². The summed E-state index contributed by atoms with van der Waals surface area (Å²) in [5.41, 5.74) is -4.28. The Bertz CT molecular complexity index is 560. The number of carbonyl (C=O) groups excluding carboxylic acids is 1. The van der Waals surface area contributed by atoms with Gasteiger partial charge in [-0.05, 0) is 19.1 Å². The maximum atomic E-state index is 12.8. The summed E-state index contributed by atoms with van der Waals surface area (Å²) in [5, 5.41) is 8.61. The van der Waals surface area contributed by atoms with Gasteiger partial charge in [-0.15, -0.1) is 0 Å². The number of hydrogen-bond donors (Lipinski definition) is 0. The van der Waals surface area contributed by atoms with Gasteiger partial charge in [0.15, 0.2) is 0 Å². The molecule has 0 radical (unpaired) electrons. The van der Waals surface area contributed by atoms with Gasteiger partial charge in [0.2, 0.25) is 0 Å². The average molecular weight is 293 g/mol. The van der Waals surface area contributed by atoms with Crippen molar-refractivity contribution in [2.45, 2.75) is 19.5 Å². The molecule has 1 aromatic carbocycles. The highest BCUT2D eigenvalue weighted by Gasteiger charge is 2.36. The van der Waals surface area contributed by atoms with E-state index in [4.69, 9.17) is 5.26 Å². The SMILES string of the molecule is CCOC(=O)c1cc(C(F)(F)F)c(C#N)cc1C(F)F. The number of alkyl halides is 5. The normalized spacial score (nSPS) is 11.3. The summed E-state index contributed by atoms with van der Waals surface area (Å²) in [5.74, 6) is -1.29. The van der Waals surface area contributed by atoms with E-state index in [9.17, 15) is 26.7 Å². The Hall–Kier alpha value is -2.17. The van der Waals surface area contributed by atoms with Crippen molar-refractivity contribution in [2.75, 3.05) is 6.61 Å². The highest BCUT2D eigenvalue weighted by molar-refractivity contribution is 5.91. The fourth-order valence-electron chi connectivity index (χ4n) is 1.51. The Kier molecular flexibility index (Phi) is 4.65. The molecule has 0 unspecified atom stereocenters. The molecular formula is C12H8F5NO2. The molecule has 0 amide bonds. The van der Waals surface area contributed by atoms with Gasteiger partial charge >= 0.3 is 12.1 Å². The molecule has 108 valence electrons. The smallest absolute Gasteiger partial charge is 0.417 e. The summed E-state index contributed by atoms with van der Waals surface area (Å²) in [6, 6.07) is 1.77. The Morgan fingerprint density at radius 3 is 2.40 bits per heavy atom. The topological polar surface area (TPSA) is 50.1 Å². The van der Waals surface area contributed by atoms with Gasteiger partial charge in [-0.2, -0.15) is 18.4 Å². The lowest BCUT2D eigenvalue weighted by Crippen LogP contribution is -2.14. The second kappa shape index (κ2) is 5.86. The third kappa shape index (κ3) is 3.23. The number of nitrogens with zero attached hydrogens (tertiary/aromatic N) is 1. The van der Waals surface area contributed by atoms with Crippen molar-refractivity contribution in [3.8, 4) is 6.07 Å². The van der Waals surface area contributed by atoms with Crippen molar-refractivity contribution in [3.63, 3.8) is 0 Å². The van der Waals surface area contributed by atoms with Crippen LogP contribution in [0.25, 0.3) is 0 Å². The monoisotopic (exact) mass is 293 g/mol. The Labute approximate surface area is 110 Å². The van der Waals surface area contributed by atoms with Crippen LogP contribution in [0.2, 0.25) is 0 Å². The first-order valence-corrected chi connectivity index (χ1v) is 5.32. The van der Waals surface area contributed by atoms with Crippen molar-refractivity contribution >= 4 is 5.97 Å². The molecule has 0 saturated carbocycles. The summed E-state index contributed by atoms with van der Waals surface area (Å²) >= 11 is 0. The highest BCUT2D eigenvalue weighted by atomic mass is 19.4. The van der Waals surface area contributed by atoms with E-state index in [0.29, 0.717) is 6.07 Å². The molecule has 3 nitrogen and oxygen atoms in total. The van der Waals surface area contributed by atoms with Gasteiger partial charge in [-0.3, -0.25) is 0 Å². The third-order valence-corrected chi connectivity index (χ3v) is 2.35. The summed E-state index contributed by atoms with van der Waals surface area (Å²) < 4.78 is 68.1. The van der Waals surface area contributed by atoms with Gasteiger partial charge in [-0.25, -0.2) is 13.6 Å². The van der Waals surface area contributed by atoms with Gasteiger partial charge in [0.05, 0.1) is 29.4 Å². The van der Waals surface area contributed by atoms with E-state index < -0.39 is 40.8 Å². The molecule has 0 aliphatic rings. The van der Waals surface area contributed by atoms with Crippen LogP contribution in [-0.2, 0) is 10.9 Å². The maximum absolute atomic E-state index is 12.8. The van der Waals surface area contributed by atoms with E-state index in [0.717, 1.165) is 0 Å². The van der Waals surface area contributed by atoms with Crippen LogP contribution in [0, 0.1) is 11.3 Å². The average Bonchev–Trinajstić information content (AvgIpc) is 2.36. The number of rotatable bonds is 3. The molecule has 0 aliphatic carbocycles. The second-order valence-corrected chi connectivity index (χ2v) is 3.62. The molecule has 0 heterocycles. The molecule has 0 aliphatic heterocycles. The van der Waals surface area contributed by atoms with Crippen LogP contribution >= 0.6 is 0 Å².